The maximum Gasteiger partial charge on any atom is 0.417 e. The number of oxime groups is 2. The monoisotopic (exact) mass is 984 g/mol. The number of hydrogen-bond donors (Lipinski definition) is 4. The molecule has 4 N–H and O–H groups in total. The zero-order valence-corrected chi connectivity index (χ0v) is 37.7. The Hall–Kier alpha value is -5.89. The first kappa shape index (κ1) is 51.1. The van der Waals surface area contributed by atoms with E-state index >= 15 is 0 Å². The fourth-order valence-electron chi connectivity index (χ4n) is 7.25. The van der Waals surface area contributed by atoms with Gasteiger partial charge in [-0.3, -0.25) is 19.7 Å². The first-order chi connectivity index (χ1) is 30.3. The normalized spacial score (nSPS) is 20.0. The van der Waals surface area contributed by atoms with Gasteiger partial charge in [0, 0.05) is 34.0 Å². The summed E-state index contributed by atoms with van der Waals surface area (Å²) in [5, 5.41) is 25.8. The Balaban J connectivity index is 0.000000219. The summed E-state index contributed by atoms with van der Waals surface area (Å²) in [5.74, 6) is -2.84. The van der Waals surface area contributed by atoms with E-state index in [1.54, 1.807) is 38.1 Å². The molecule has 4 heterocycles. The van der Waals surface area contributed by atoms with Gasteiger partial charge in [-0.15, -0.1) is 12.4 Å². The second kappa shape index (κ2) is 19.9. The van der Waals surface area contributed by atoms with Crippen LogP contribution in [0.15, 0.2) is 83.1 Å². The summed E-state index contributed by atoms with van der Waals surface area (Å²) < 4.78 is 81.1. The fraction of sp³-hybridized carbons (Fsp3) is 0.318. The SMILES string of the molecule is Cc1cc(Cl)cc(C2(C)CC(c3ccc(C(=O)N4CNC(=O)C4)c(C(F)(F)F)c3)=NO2)c1.Cc1cc(Cl)cc(C2(C)CC(c3ccc(C(=O)O)c(C(F)(F)F)c3)=NO2)c1.Cl.O=C1CNCN1. The standard InChI is InChI=1S/C22H19ClF3N3O3.C19H15ClF3NO3.C3H6N2O.ClH/c1-12-5-14(8-15(23)6-12)21(2)9-18(28-32-21)13-3-4-16(17(7-13)22(24,25)26)20(31)29-10-19(30)27-11-29;1-10-5-12(8-13(20)6-10)18(2)9-16(24-27-18)11-3-4-14(17(25)26)15(7-11)19(21,22)23;6-3-1-4-2-5-3;/h3-8H,9-11H2,1-2H3,(H,27,30);3-8H,9H2,1-2H3,(H,25,26);4H,1-2H2,(H,5,6);1H. The van der Waals surface area contributed by atoms with Gasteiger partial charge in [0.15, 0.2) is 11.2 Å². The average Bonchev–Trinajstić information content (AvgIpc) is 4.05. The topological polar surface area (TPSA) is 171 Å². The van der Waals surface area contributed by atoms with Gasteiger partial charge in [-0.1, -0.05) is 57.8 Å². The molecular weight excluding hydrogens is 945 g/mol. The second-order valence-electron chi connectivity index (χ2n) is 15.9. The van der Waals surface area contributed by atoms with Crippen LogP contribution >= 0.6 is 35.6 Å². The van der Waals surface area contributed by atoms with Crippen LogP contribution in [-0.4, -0.2) is 71.5 Å². The summed E-state index contributed by atoms with van der Waals surface area (Å²) in [5.41, 5.74) is -1.06. The highest BCUT2D eigenvalue weighted by molar-refractivity contribution is 6.31. The molecule has 4 aliphatic rings. The Bertz CT molecular complexity index is 2580. The number of nitrogens with one attached hydrogen (secondary N) is 3. The molecule has 0 aliphatic carbocycles. The van der Waals surface area contributed by atoms with Gasteiger partial charge in [0.05, 0.1) is 53.6 Å². The lowest BCUT2D eigenvalue weighted by Gasteiger charge is -2.23. The molecule has 22 heteroatoms. The highest BCUT2D eigenvalue weighted by Gasteiger charge is 2.42. The van der Waals surface area contributed by atoms with E-state index in [1.807, 2.05) is 26.0 Å². The smallest absolute Gasteiger partial charge is 0.417 e. The number of carboxylic acids is 1. The van der Waals surface area contributed by atoms with E-state index in [4.69, 9.17) is 38.0 Å². The number of carbonyl (C=O) groups is 4. The van der Waals surface area contributed by atoms with Crippen molar-refractivity contribution in [3.63, 3.8) is 0 Å². The van der Waals surface area contributed by atoms with Crippen molar-refractivity contribution >= 4 is 70.7 Å². The van der Waals surface area contributed by atoms with Gasteiger partial charge >= 0.3 is 18.3 Å². The summed E-state index contributed by atoms with van der Waals surface area (Å²) in [6, 6.07) is 17.2. The van der Waals surface area contributed by atoms with Crippen molar-refractivity contribution in [2.75, 3.05) is 26.4 Å². The quantitative estimate of drug-likeness (QED) is 0.139. The van der Waals surface area contributed by atoms with Crippen molar-refractivity contribution < 1.29 is 60.3 Å². The van der Waals surface area contributed by atoms with Gasteiger partial charge in [0.2, 0.25) is 11.8 Å². The van der Waals surface area contributed by atoms with Crippen LogP contribution in [0.3, 0.4) is 0 Å². The number of nitrogens with zero attached hydrogens (tertiary/aromatic N) is 3. The van der Waals surface area contributed by atoms with Gasteiger partial charge < -0.3 is 30.3 Å². The first-order valence-corrected chi connectivity index (χ1v) is 20.4. The summed E-state index contributed by atoms with van der Waals surface area (Å²) in [7, 11) is 0. The Labute approximate surface area is 389 Å². The fourth-order valence-corrected chi connectivity index (χ4v) is 7.83. The van der Waals surface area contributed by atoms with Gasteiger partial charge in [0.25, 0.3) is 5.91 Å². The molecule has 3 amide bonds. The molecule has 2 saturated heterocycles. The molecule has 0 bridgehead atoms. The Morgan fingerprint density at radius 3 is 1.55 bits per heavy atom. The lowest BCUT2D eigenvalue weighted by atomic mass is 9.87. The summed E-state index contributed by atoms with van der Waals surface area (Å²) in [6.07, 6.45) is -9.12. The third kappa shape index (κ3) is 11.9. The maximum atomic E-state index is 13.8. The lowest BCUT2D eigenvalue weighted by Crippen LogP contribution is -2.31. The van der Waals surface area contributed by atoms with E-state index in [0.717, 1.165) is 51.4 Å². The highest BCUT2D eigenvalue weighted by Crippen LogP contribution is 2.41. The van der Waals surface area contributed by atoms with Crippen molar-refractivity contribution in [2.45, 2.75) is 64.1 Å². The average molecular weight is 986 g/mol. The molecule has 4 aromatic rings. The zero-order valence-electron chi connectivity index (χ0n) is 35.3. The second-order valence-corrected chi connectivity index (χ2v) is 16.8. The van der Waals surface area contributed by atoms with E-state index in [2.05, 4.69) is 26.3 Å². The van der Waals surface area contributed by atoms with Crippen LogP contribution in [0.2, 0.25) is 10.0 Å². The molecule has 0 saturated carbocycles. The van der Waals surface area contributed by atoms with Crippen LogP contribution < -0.4 is 16.0 Å². The van der Waals surface area contributed by atoms with Gasteiger partial charge in [-0.2, -0.15) is 26.3 Å². The van der Waals surface area contributed by atoms with Crippen LogP contribution in [0.4, 0.5) is 26.3 Å². The van der Waals surface area contributed by atoms with Crippen molar-refractivity contribution in [3.05, 3.63) is 138 Å². The number of benzene rings is 4. The number of rotatable bonds is 6. The minimum Gasteiger partial charge on any atom is -0.478 e. The largest absolute Gasteiger partial charge is 0.478 e. The number of alkyl halides is 6. The van der Waals surface area contributed by atoms with E-state index in [0.29, 0.717) is 34.7 Å². The molecule has 2 fully saturated rings. The van der Waals surface area contributed by atoms with Crippen LogP contribution in [0.1, 0.15) is 91.9 Å². The van der Waals surface area contributed by atoms with E-state index in [-0.39, 0.29) is 55.5 Å². The third-order valence-electron chi connectivity index (χ3n) is 10.6. The van der Waals surface area contributed by atoms with Crippen LogP contribution in [-0.2, 0) is 42.8 Å². The number of aryl methyl sites for hydroxylation is 2. The number of carbonyl (C=O) groups excluding carboxylic acids is 3. The van der Waals surface area contributed by atoms with E-state index < -0.39 is 63.6 Å². The number of amides is 3. The first-order valence-electron chi connectivity index (χ1n) is 19.6. The van der Waals surface area contributed by atoms with Crippen LogP contribution in [0.5, 0.6) is 0 Å². The maximum absolute atomic E-state index is 13.8. The Morgan fingerprint density at radius 1 is 0.712 bits per heavy atom. The van der Waals surface area contributed by atoms with E-state index in [9.17, 15) is 45.5 Å². The predicted molar refractivity (Wildman–Crippen MR) is 234 cm³/mol. The summed E-state index contributed by atoms with van der Waals surface area (Å²) in [4.78, 5) is 57.3. The zero-order chi connectivity index (χ0) is 47.6. The molecule has 2 unspecified atom stereocenters. The van der Waals surface area contributed by atoms with E-state index in [1.165, 1.54) is 12.1 Å². The molecule has 4 aliphatic heterocycles. The molecule has 13 nitrogen and oxygen atoms in total. The van der Waals surface area contributed by atoms with Crippen molar-refractivity contribution in [1.29, 1.82) is 0 Å². The molecule has 0 radical (unpaired) electrons. The molecule has 8 rings (SSSR count). The lowest BCUT2D eigenvalue weighted by molar-refractivity contribution is -0.138. The van der Waals surface area contributed by atoms with Crippen molar-refractivity contribution in [2.24, 2.45) is 10.3 Å². The minimum absolute atomic E-state index is 0. The predicted octanol–water partition coefficient (Wildman–Crippen LogP) is 8.73. The third-order valence-corrected chi connectivity index (χ3v) is 11.0. The number of carboxylic acid groups (broad SMARTS) is 1. The highest BCUT2D eigenvalue weighted by atomic mass is 35.5. The molecule has 0 aromatic heterocycles. The van der Waals surface area contributed by atoms with Crippen LogP contribution in [0, 0.1) is 13.8 Å². The minimum atomic E-state index is -4.79. The van der Waals surface area contributed by atoms with Crippen molar-refractivity contribution in [3.8, 4) is 0 Å². The Kier molecular flexibility index (Phi) is 15.4. The molecular formula is C44H41Cl3F6N6O7. The van der Waals surface area contributed by atoms with Crippen LogP contribution in [0.25, 0.3) is 0 Å². The number of hydrogen-bond acceptors (Lipinski definition) is 9. The number of aromatic carboxylic acids is 1. The molecule has 2 atom stereocenters. The van der Waals surface area contributed by atoms with Gasteiger partial charge in [-0.05, 0) is 98.5 Å². The van der Waals surface area contributed by atoms with Gasteiger partial charge in [-0.25, -0.2) is 4.79 Å². The Morgan fingerprint density at radius 2 is 1.18 bits per heavy atom. The number of halogens is 9. The molecule has 0 spiro atoms. The molecule has 66 heavy (non-hydrogen) atoms. The van der Waals surface area contributed by atoms with Gasteiger partial charge in [0.1, 0.15) is 6.54 Å². The van der Waals surface area contributed by atoms with Crippen molar-refractivity contribution in [1.82, 2.24) is 20.9 Å². The summed E-state index contributed by atoms with van der Waals surface area (Å²) in [6.45, 7) is 8.02. The molecule has 352 valence electrons. The molecule has 4 aromatic carbocycles. The summed E-state index contributed by atoms with van der Waals surface area (Å²) >= 11 is 12.2.